The van der Waals surface area contributed by atoms with E-state index in [1.54, 1.807) is 0 Å². The zero-order valence-corrected chi connectivity index (χ0v) is 9.95. The van der Waals surface area contributed by atoms with Crippen molar-refractivity contribution in [3.8, 4) is 0 Å². The maximum Gasteiger partial charge on any atom is 0.239 e. The molecule has 1 N–H and O–H groups in total. The van der Waals surface area contributed by atoms with Gasteiger partial charge in [0.1, 0.15) is 0 Å². The van der Waals surface area contributed by atoms with Crippen molar-refractivity contribution in [1.29, 1.82) is 0 Å². The fraction of sp³-hybridized carbons (Fsp3) is 0.923. The third kappa shape index (κ3) is 2.24. The highest BCUT2D eigenvalue weighted by Crippen LogP contribution is 2.30. The quantitative estimate of drug-likeness (QED) is 0.765. The Morgan fingerprint density at radius 3 is 2.62 bits per heavy atom. The van der Waals surface area contributed by atoms with Gasteiger partial charge in [0.15, 0.2) is 0 Å². The summed E-state index contributed by atoms with van der Waals surface area (Å²) in [5.41, 5.74) is 0. The van der Waals surface area contributed by atoms with Crippen molar-refractivity contribution in [2.45, 2.75) is 57.0 Å². The molecule has 3 aliphatic rings. The first kappa shape index (κ1) is 10.6. The topological polar surface area (TPSA) is 32.3 Å². The molecule has 1 heterocycles. The van der Waals surface area contributed by atoms with Gasteiger partial charge in [0.2, 0.25) is 5.91 Å². The highest BCUT2D eigenvalue weighted by atomic mass is 16.2. The summed E-state index contributed by atoms with van der Waals surface area (Å²) in [6, 6.07) is 0.800. The van der Waals surface area contributed by atoms with E-state index in [0.29, 0.717) is 11.9 Å². The maximum atomic E-state index is 12.1. The molecule has 1 unspecified atom stereocenters. The molecule has 3 heteroatoms. The number of nitrogens with one attached hydrogen (secondary N) is 1. The molecule has 0 aromatic rings. The average Bonchev–Trinajstić information content (AvgIpc) is 2.95. The lowest BCUT2D eigenvalue weighted by Gasteiger charge is -2.27. The van der Waals surface area contributed by atoms with Gasteiger partial charge >= 0.3 is 0 Å². The molecule has 16 heavy (non-hydrogen) atoms. The molecule has 2 aliphatic carbocycles. The summed E-state index contributed by atoms with van der Waals surface area (Å²) in [6.45, 7) is 1.99. The smallest absolute Gasteiger partial charge is 0.239 e. The van der Waals surface area contributed by atoms with Gasteiger partial charge in [0.05, 0.1) is 6.04 Å². The van der Waals surface area contributed by atoms with Gasteiger partial charge in [0.25, 0.3) is 0 Å². The van der Waals surface area contributed by atoms with Gasteiger partial charge in [-0.2, -0.15) is 0 Å². The number of rotatable bonds is 5. The molecule has 1 atom stereocenters. The maximum absolute atomic E-state index is 12.1. The van der Waals surface area contributed by atoms with Gasteiger partial charge in [-0.25, -0.2) is 0 Å². The van der Waals surface area contributed by atoms with E-state index in [-0.39, 0.29) is 6.04 Å². The molecule has 0 aromatic heterocycles. The van der Waals surface area contributed by atoms with E-state index in [4.69, 9.17) is 0 Å². The Labute approximate surface area is 97.6 Å². The fourth-order valence-corrected chi connectivity index (χ4v) is 2.77. The number of carbonyl (C=O) groups is 1. The van der Waals surface area contributed by atoms with Crippen molar-refractivity contribution in [3.63, 3.8) is 0 Å². The highest BCUT2D eigenvalue weighted by molar-refractivity contribution is 5.84. The SMILES string of the molecule is O=C1C(NC2CC2)CCN1CCC1CCC1. The molecule has 3 fully saturated rings. The monoisotopic (exact) mass is 222 g/mol. The lowest BCUT2D eigenvalue weighted by atomic mass is 9.83. The van der Waals surface area contributed by atoms with Crippen LogP contribution in [0.15, 0.2) is 0 Å². The highest BCUT2D eigenvalue weighted by Gasteiger charge is 2.35. The third-order valence-corrected chi connectivity index (χ3v) is 4.34. The van der Waals surface area contributed by atoms with Crippen LogP contribution in [0.2, 0.25) is 0 Å². The zero-order chi connectivity index (χ0) is 11.0. The molecule has 0 aromatic carbocycles. The fourth-order valence-electron chi connectivity index (χ4n) is 2.77. The second-order valence-corrected chi connectivity index (χ2v) is 5.69. The van der Waals surface area contributed by atoms with Crippen molar-refractivity contribution < 1.29 is 4.79 Å². The molecule has 90 valence electrons. The van der Waals surface area contributed by atoms with Crippen LogP contribution >= 0.6 is 0 Å². The second-order valence-electron chi connectivity index (χ2n) is 5.69. The first-order chi connectivity index (χ1) is 7.83. The Morgan fingerprint density at radius 1 is 1.19 bits per heavy atom. The number of likely N-dealkylation sites (tertiary alicyclic amines) is 1. The summed E-state index contributed by atoms with van der Waals surface area (Å²) < 4.78 is 0. The van der Waals surface area contributed by atoms with Crippen LogP contribution in [0.25, 0.3) is 0 Å². The lowest BCUT2D eigenvalue weighted by Crippen LogP contribution is -2.40. The van der Waals surface area contributed by atoms with Gasteiger partial charge in [0, 0.05) is 19.1 Å². The first-order valence-electron chi connectivity index (χ1n) is 6.88. The minimum absolute atomic E-state index is 0.147. The lowest BCUT2D eigenvalue weighted by molar-refractivity contribution is -0.129. The number of carbonyl (C=O) groups excluding carboxylic acids is 1. The van der Waals surface area contributed by atoms with E-state index in [0.717, 1.165) is 25.4 Å². The van der Waals surface area contributed by atoms with Gasteiger partial charge in [-0.3, -0.25) is 4.79 Å². The van der Waals surface area contributed by atoms with Crippen LogP contribution in [-0.2, 0) is 4.79 Å². The van der Waals surface area contributed by atoms with Gasteiger partial charge < -0.3 is 10.2 Å². The third-order valence-electron chi connectivity index (χ3n) is 4.34. The van der Waals surface area contributed by atoms with Gasteiger partial charge in [-0.05, 0) is 31.6 Å². The summed E-state index contributed by atoms with van der Waals surface area (Å²) in [7, 11) is 0. The molecule has 1 amide bonds. The van der Waals surface area contributed by atoms with Crippen molar-refractivity contribution in [1.82, 2.24) is 10.2 Å². The minimum atomic E-state index is 0.147. The van der Waals surface area contributed by atoms with E-state index < -0.39 is 0 Å². The summed E-state index contributed by atoms with van der Waals surface area (Å²) in [6.07, 6.45) is 9.00. The minimum Gasteiger partial charge on any atom is -0.341 e. The van der Waals surface area contributed by atoms with E-state index in [9.17, 15) is 4.79 Å². The van der Waals surface area contributed by atoms with Crippen LogP contribution in [0.1, 0.15) is 44.9 Å². The average molecular weight is 222 g/mol. The molecule has 0 spiro atoms. The standard InChI is InChI=1S/C13H22N2O/c16-13-12(14-11-4-5-11)7-9-15(13)8-6-10-2-1-3-10/h10-12,14H,1-9H2. The Morgan fingerprint density at radius 2 is 2.00 bits per heavy atom. The van der Waals surface area contributed by atoms with E-state index in [2.05, 4.69) is 10.2 Å². The molecule has 2 saturated carbocycles. The van der Waals surface area contributed by atoms with Crippen molar-refractivity contribution in [2.75, 3.05) is 13.1 Å². The molecular formula is C13H22N2O. The largest absolute Gasteiger partial charge is 0.341 e. The molecule has 1 aliphatic heterocycles. The normalized spacial score (nSPS) is 30.9. The zero-order valence-electron chi connectivity index (χ0n) is 9.95. The predicted molar refractivity (Wildman–Crippen MR) is 63.1 cm³/mol. The van der Waals surface area contributed by atoms with Gasteiger partial charge in [-0.1, -0.05) is 19.3 Å². The Kier molecular flexibility index (Phi) is 2.88. The predicted octanol–water partition coefficient (Wildman–Crippen LogP) is 1.53. The van der Waals surface area contributed by atoms with Crippen molar-refractivity contribution >= 4 is 5.91 Å². The van der Waals surface area contributed by atoms with Crippen molar-refractivity contribution in [2.24, 2.45) is 5.92 Å². The summed E-state index contributed by atoms with van der Waals surface area (Å²) in [5.74, 6) is 1.29. The van der Waals surface area contributed by atoms with Crippen LogP contribution < -0.4 is 5.32 Å². The number of hydrogen-bond acceptors (Lipinski definition) is 2. The molecule has 1 saturated heterocycles. The van der Waals surface area contributed by atoms with Crippen molar-refractivity contribution in [3.05, 3.63) is 0 Å². The van der Waals surface area contributed by atoms with E-state index in [1.165, 1.54) is 38.5 Å². The number of hydrogen-bond donors (Lipinski definition) is 1. The number of amides is 1. The van der Waals surface area contributed by atoms with Crippen LogP contribution in [0, 0.1) is 5.92 Å². The van der Waals surface area contributed by atoms with Crippen LogP contribution in [-0.4, -0.2) is 36.0 Å². The molecule has 3 rings (SSSR count). The second kappa shape index (κ2) is 4.36. The van der Waals surface area contributed by atoms with Crippen LogP contribution in [0.5, 0.6) is 0 Å². The summed E-state index contributed by atoms with van der Waals surface area (Å²) >= 11 is 0. The molecular weight excluding hydrogens is 200 g/mol. The Bertz CT molecular complexity index is 271. The molecule has 0 radical (unpaired) electrons. The van der Waals surface area contributed by atoms with Gasteiger partial charge in [-0.15, -0.1) is 0 Å². The summed E-state index contributed by atoms with van der Waals surface area (Å²) in [5, 5.41) is 3.46. The molecule has 0 bridgehead atoms. The van der Waals surface area contributed by atoms with Crippen LogP contribution in [0.4, 0.5) is 0 Å². The first-order valence-corrected chi connectivity index (χ1v) is 6.88. The summed E-state index contributed by atoms with van der Waals surface area (Å²) in [4.78, 5) is 14.1. The number of nitrogens with zero attached hydrogens (tertiary/aromatic N) is 1. The Balaban J connectivity index is 1.43. The molecule has 3 nitrogen and oxygen atoms in total. The Hall–Kier alpha value is -0.570. The van der Waals surface area contributed by atoms with Crippen LogP contribution in [0.3, 0.4) is 0 Å². The van der Waals surface area contributed by atoms with E-state index in [1.807, 2.05) is 0 Å². The van der Waals surface area contributed by atoms with E-state index >= 15 is 0 Å².